The zero-order chi connectivity index (χ0) is 15.1. The number of amides is 1. The molecule has 1 amide bonds. The number of rotatable bonds is 5. The molecule has 4 nitrogen and oxygen atoms in total. The van der Waals surface area contributed by atoms with Gasteiger partial charge in [0.2, 0.25) is 0 Å². The molecule has 0 aliphatic carbocycles. The fourth-order valence-electron chi connectivity index (χ4n) is 1.79. The summed E-state index contributed by atoms with van der Waals surface area (Å²) in [7, 11) is 0. The van der Waals surface area contributed by atoms with Crippen molar-refractivity contribution in [1.82, 2.24) is 5.32 Å². The fraction of sp³-hybridized carbons (Fsp3) is 0.176. The number of nitrogens with zero attached hydrogens (tertiary/aromatic N) is 1. The van der Waals surface area contributed by atoms with Crippen LogP contribution in [0.2, 0.25) is 0 Å². The monoisotopic (exact) mass is 280 g/mol. The molecule has 0 unspecified atom stereocenters. The van der Waals surface area contributed by atoms with Crippen molar-refractivity contribution in [2.75, 3.05) is 6.61 Å². The lowest BCUT2D eigenvalue weighted by molar-refractivity contribution is -0.123. The molecule has 2 rings (SSSR count). The second-order valence-electron chi connectivity index (χ2n) is 4.69. The molecule has 0 atom stereocenters. The summed E-state index contributed by atoms with van der Waals surface area (Å²) in [6, 6.07) is 16.7. The van der Waals surface area contributed by atoms with Crippen LogP contribution < -0.4 is 10.1 Å². The van der Waals surface area contributed by atoms with Gasteiger partial charge < -0.3 is 10.1 Å². The molecule has 2 aromatic rings. The normalized spacial score (nSPS) is 9.71. The minimum absolute atomic E-state index is 0.0268. The van der Waals surface area contributed by atoms with E-state index in [2.05, 4.69) is 11.4 Å². The maximum absolute atomic E-state index is 11.7. The lowest BCUT2D eigenvalue weighted by Gasteiger charge is -2.08. The molecule has 21 heavy (non-hydrogen) atoms. The predicted molar refractivity (Wildman–Crippen MR) is 79.7 cm³/mol. The van der Waals surface area contributed by atoms with Crippen LogP contribution in [-0.2, 0) is 11.3 Å². The zero-order valence-corrected chi connectivity index (χ0v) is 11.8. The predicted octanol–water partition coefficient (Wildman–Crippen LogP) is 2.56. The largest absolute Gasteiger partial charge is 0.484 e. The Morgan fingerprint density at radius 3 is 2.71 bits per heavy atom. The summed E-state index contributed by atoms with van der Waals surface area (Å²) in [6.45, 7) is 2.35. The number of benzene rings is 2. The van der Waals surface area contributed by atoms with Gasteiger partial charge in [-0.05, 0) is 36.8 Å². The van der Waals surface area contributed by atoms with Crippen LogP contribution in [0.3, 0.4) is 0 Å². The second-order valence-corrected chi connectivity index (χ2v) is 4.69. The number of hydrogen-bond acceptors (Lipinski definition) is 3. The molecular weight excluding hydrogens is 264 g/mol. The molecule has 4 heteroatoms. The van der Waals surface area contributed by atoms with Gasteiger partial charge in [0.05, 0.1) is 11.6 Å². The number of ether oxygens (including phenoxy) is 1. The third-order valence-corrected chi connectivity index (χ3v) is 2.94. The Bertz CT molecular complexity index is 657. The van der Waals surface area contributed by atoms with E-state index in [0.29, 0.717) is 17.9 Å². The van der Waals surface area contributed by atoms with Gasteiger partial charge in [0.15, 0.2) is 6.61 Å². The van der Waals surface area contributed by atoms with Crippen LogP contribution in [0.25, 0.3) is 0 Å². The summed E-state index contributed by atoms with van der Waals surface area (Å²) in [5.41, 5.74) is 2.61. The lowest BCUT2D eigenvalue weighted by atomic mass is 10.1. The van der Waals surface area contributed by atoms with Crippen molar-refractivity contribution in [1.29, 1.82) is 5.26 Å². The standard InChI is InChI=1S/C17H16N2O2/c1-13-5-7-16(8-6-13)21-12-17(20)19-11-15-4-2-3-14(9-15)10-18/h2-9H,11-12H2,1H3,(H,19,20). The van der Waals surface area contributed by atoms with Crippen molar-refractivity contribution in [3.05, 3.63) is 65.2 Å². The van der Waals surface area contributed by atoms with E-state index in [4.69, 9.17) is 10.00 Å². The summed E-state index contributed by atoms with van der Waals surface area (Å²) in [4.78, 5) is 11.7. The van der Waals surface area contributed by atoms with Crippen molar-refractivity contribution >= 4 is 5.91 Å². The minimum atomic E-state index is -0.196. The third kappa shape index (κ3) is 4.66. The van der Waals surface area contributed by atoms with E-state index in [1.807, 2.05) is 37.3 Å². The molecule has 0 fully saturated rings. The van der Waals surface area contributed by atoms with Crippen molar-refractivity contribution in [3.63, 3.8) is 0 Å². The molecule has 1 N–H and O–H groups in total. The number of carbonyl (C=O) groups is 1. The first-order valence-corrected chi connectivity index (χ1v) is 6.62. The van der Waals surface area contributed by atoms with Gasteiger partial charge in [-0.25, -0.2) is 0 Å². The van der Waals surface area contributed by atoms with Gasteiger partial charge in [0, 0.05) is 6.54 Å². The van der Waals surface area contributed by atoms with E-state index in [-0.39, 0.29) is 12.5 Å². The van der Waals surface area contributed by atoms with E-state index in [9.17, 15) is 4.79 Å². The average Bonchev–Trinajstić information content (AvgIpc) is 2.52. The quantitative estimate of drug-likeness (QED) is 0.915. The second kappa shape index (κ2) is 7.11. The Morgan fingerprint density at radius 2 is 2.00 bits per heavy atom. The maximum atomic E-state index is 11.7. The van der Waals surface area contributed by atoms with Crippen LogP contribution >= 0.6 is 0 Å². The highest BCUT2D eigenvalue weighted by Crippen LogP contribution is 2.11. The first-order chi connectivity index (χ1) is 10.2. The Balaban J connectivity index is 1.79. The molecule has 0 aromatic heterocycles. The van der Waals surface area contributed by atoms with Crippen LogP contribution in [-0.4, -0.2) is 12.5 Å². The highest BCUT2D eigenvalue weighted by Gasteiger charge is 2.03. The molecular formula is C17H16N2O2. The summed E-state index contributed by atoms with van der Waals surface area (Å²) in [5, 5.41) is 11.6. The Morgan fingerprint density at radius 1 is 1.24 bits per heavy atom. The molecule has 2 aromatic carbocycles. The number of hydrogen-bond donors (Lipinski definition) is 1. The summed E-state index contributed by atoms with van der Waals surface area (Å²) < 4.78 is 5.39. The van der Waals surface area contributed by atoms with Crippen molar-refractivity contribution < 1.29 is 9.53 Å². The number of nitrogens with one attached hydrogen (secondary N) is 1. The van der Waals surface area contributed by atoms with Crippen molar-refractivity contribution in [3.8, 4) is 11.8 Å². The molecule has 0 aliphatic rings. The topological polar surface area (TPSA) is 62.1 Å². The van der Waals surface area contributed by atoms with Gasteiger partial charge in [-0.3, -0.25) is 4.79 Å². The molecule has 0 saturated carbocycles. The number of aryl methyl sites for hydroxylation is 1. The van der Waals surface area contributed by atoms with Gasteiger partial charge in [-0.15, -0.1) is 0 Å². The summed E-state index contributed by atoms with van der Waals surface area (Å²) in [6.07, 6.45) is 0. The van der Waals surface area contributed by atoms with Crippen LogP contribution in [0.15, 0.2) is 48.5 Å². The minimum Gasteiger partial charge on any atom is -0.484 e. The molecule has 0 bridgehead atoms. The molecule has 0 spiro atoms. The van der Waals surface area contributed by atoms with Crippen LogP contribution in [0.5, 0.6) is 5.75 Å². The van der Waals surface area contributed by atoms with E-state index in [1.165, 1.54) is 0 Å². The van der Waals surface area contributed by atoms with Gasteiger partial charge in [0.1, 0.15) is 5.75 Å². The van der Waals surface area contributed by atoms with E-state index >= 15 is 0 Å². The average molecular weight is 280 g/mol. The Labute approximate surface area is 124 Å². The first kappa shape index (κ1) is 14.6. The number of nitriles is 1. The van der Waals surface area contributed by atoms with Gasteiger partial charge in [-0.1, -0.05) is 29.8 Å². The lowest BCUT2D eigenvalue weighted by Crippen LogP contribution is -2.28. The summed E-state index contributed by atoms with van der Waals surface area (Å²) in [5.74, 6) is 0.472. The van der Waals surface area contributed by atoms with Crippen LogP contribution in [0.1, 0.15) is 16.7 Å². The van der Waals surface area contributed by atoms with Crippen molar-refractivity contribution in [2.24, 2.45) is 0 Å². The van der Waals surface area contributed by atoms with Crippen LogP contribution in [0, 0.1) is 18.3 Å². The summed E-state index contributed by atoms with van der Waals surface area (Å²) >= 11 is 0. The molecule has 0 radical (unpaired) electrons. The zero-order valence-electron chi connectivity index (χ0n) is 11.8. The van der Waals surface area contributed by atoms with E-state index in [1.54, 1.807) is 18.2 Å². The molecule has 0 heterocycles. The van der Waals surface area contributed by atoms with Gasteiger partial charge in [0.25, 0.3) is 5.91 Å². The van der Waals surface area contributed by atoms with Gasteiger partial charge >= 0.3 is 0 Å². The Kier molecular flexibility index (Phi) is 4.94. The third-order valence-electron chi connectivity index (χ3n) is 2.94. The van der Waals surface area contributed by atoms with E-state index < -0.39 is 0 Å². The van der Waals surface area contributed by atoms with Crippen LogP contribution in [0.4, 0.5) is 0 Å². The molecule has 106 valence electrons. The highest BCUT2D eigenvalue weighted by molar-refractivity contribution is 5.77. The number of carbonyl (C=O) groups excluding carboxylic acids is 1. The van der Waals surface area contributed by atoms with Gasteiger partial charge in [-0.2, -0.15) is 5.26 Å². The van der Waals surface area contributed by atoms with Crippen molar-refractivity contribution in [2.45, 2.75) is 13.5 Å². The molecule has 0 aliphatic heterocycles. The molecule has 0 saturated heterocycles. The fourth-order valence-corrected chi connectivity index (χ4v) is 1.79. The smallest absolute Gasteiger partial charge is 0.258 e. The maximum Gasteiger partial charge on any atom is 0.258 e. The highest BCUT2D eigenvalue weighted by atomic mass is 16.5. The first-order valence-electron chi connectivity index (χ1n) is 6.62. The van der Waals surface area contributed by atoms with E-state index in [0.717, 1.165) is 11.1 Å². The Hall–Kier alpha value is -2.80. The SMILES string of the molecule is Cc1ccc(OCC(=O)NCc2cccc(C#N)c2)cc1.